The number of nitrogens with one attached hydrogen (secondary N) is 2. The van der Waals surface area contributed by atoms with Crippen LogP contribution in [0.2, 0.25) is 5.02 Å². The minimum Gasteiger partial charge on any atom is -0.465 e. The Bertz CT molecular complexity index is 1030. The van der Waals surface area contributed by atoms with Crippen molar-refractivity contribution in [1.82, 2.24) is 4.98 Å². The molecule has 2 N–H and O–H groups in total. The number of benzene rings is 2. The highest BCUT2D eigenvalue weighted by Crippen LogP contribution is 2.21. The van der Waals surface area contributed by atoms with Gasteiger partial charge in [0.1, 0.15) is 5.82 Å². The maximum atomic E-state index is 13.2. The normalized spacial score (nSPS) is 10.2. The summed E-state index contributed by atoms with van der Waals surface area (Å²) in [4.78, 5) is 27.9. The maximum absolute atomic E-state index is 13.2. The Morgan fingerprint density at radius 2 is 1.68 bits per heavy atom. The van der Waals surface area contributed by atoms with Crippen molar-refractivity contribution in [3.8, 4) is 0 Å². The van der Waals surface area contributed by atoms with E-state index in [2.05, 4.69) is 20.4 Å². The van der Waals surface area contributed by atoms with Crippen LogP contribution in [-0.4, -0.2) is 24.0 Å². The number of hydrogen-bond acceptors (Lipinski definition) is 5. The van der Waals surface area contributed by atoms with Crippen molar-refractivity contribution >= 4 is 40.5 Å². The first-order valence-electron chi connectivity index (χ1n) is 8.13. The van der Waals surface area contributed by atoms with Crippen LogP contribution in [0, 0.1) is 5.82 Å². The van der Waals surface area contributed by atoms with Crippen molar-refractivity contribution < 1.29 is 18.7 Å². The molecule has 0 atom stereocenters. The van der Waals surface area contributed by atoms with Crippen LogP contribution in [0.5, 0.6) is 0 Å². The van der Waals surface area contributed by atoms with Gasteiger partial charge in [-0.05, 0) is 48.5 Å². The predicted octanol–water partition coefficient (Wildman–Crippen LogP) is 4.66. The average molecular weight is 400 g/mol. The predicted molar refractivity (Wildman–Crippen MR) is 105 cm³/mol. The molecular weight excluding hydrogens is 385 g/mol. The lowest BCUT2D eigenvalue weighted by Gasteiger charge is -2.09. The van der Waals surface area contributed by atoms with Crippen LogP contribution in [0.3, 0.4) is 0 Å². The molecule has 0 bridgehead atoms. The highest BCUT2D eigenvalue weighted by Gasteiger charge is 2.10. The van der Waals surface area contributed by atoms with Crippen molar-refractivity contribution in [3.05, 3.63) is 82.9 Å². The fourth-order valence-corrected chi connectivity index (χ4v) is 2.56. The van der Waals surface area contributed by atoms with Crippen molar-refractivity contribution in [2.24, 2.45) is 0 Å². The summed E-state index contributed by atoms with van der Waals surface area (Å²) in [6, 6.07) is 12.2. The fraction of sp³-hybridized carbons (Fsp3) is 0.0500. The largest absolute Gasteiger partial charge is 0.465 e. The van der Waals surface area contributed by atoms with E-state index in [0.29, 0.717) is 28.2 Å². The molecule has 8 heteroatoms. The number of carbonyl (C=O) groups is 2. The van der Waals surface area contributed by atoms with E-state index in [4.69, 9.17) is 11.6 Å². The van der Waals surface area contributed by atoms with Gasteiger partial charge in [-0.15, -0.1) is 0 Å². The number of anilines is 3. The Labute approximate surface area is 165 Å². The van der Waals surface area contributed by atoms with E-state index in [1.165, 1.54) is 31.5 Å². The number of ether oxygens (including phenoxy) is 1. The first-order chi connectivity index (χ1) is 13.5. The molecule has 3 rings (SSSR count). The zero-order valence-electron chi connectivity index (χ0n) is 14.7. The van der Waals surface area contributed by atoms with Gasteiger partial charge < -0.3 is 15.4 Å². The van der Waals surface area contributed by atoms with Gasteiger partial charge in [-0.3, -0.25) is 9.78 Å². The molecule has 3 aromatic rings. The number of esters is 1. The van der Waals surface area contributed by atoms with Crippen LogP contribution in [0.4, 0.5) is 21.5 Å². The quantitative estimate of drug-likeness (QED) is 0.610. The molecule has 0 aliphatic heterocycles. The molecule has 1 heterocycles. The van der Waals surface area contributed by atoms with Gasteiger partial charge in [-0.2, -0.15) is 0 Å². The van der Waals surface area contributed by atoms with Gasteiger partial charge >= 0.3 is 5.97 Å². The van der Waals surface area contributed by atoms with E-state index in [9.17, 15) is 14.0 Å². The zero-order valence-corrected chi connectivity index (χ0v) is 15.5. The molecule has 2 aromatic carbocycles. The van der Waals surface area contributed by atoms with Crippen LogP contribution in [0.1, 0.15) is 20.7 Å². The number of hydrogen-bond donors (Lipinski definition) is 2. The number of carbonyl (C=O) groups excluding carboxylic acids is 2. The van der Waals surface area contributed by atoms with Crippen molar-refractivity contribution in [3.63, 3.8) is 0 Å². The second kappa shape index (κ2) is 8.49. The first-order valence-corrected chi connectivity index (χ1v) is 8.51. The summed E-state index contributed by atoms with van der Waals surface area (Å²) < 4.78 is 17.9. The Morgan fingerprint density at radius 1 is 0.964 bits per heavy atom. The molecule has 0 saturated heterocycles. The average Bonchev–Trinajstić information content (AvgIpc) is 2.71. The van der Waals surface area contributed by atoms with Gasteiger partial charge in [0, 0.05) is 17.6 Å². The number of nitrogens with zero attached hydrogens (tertiary/aromatic N) is 1. The molecular formula is C20H15ClFN3O3. The minimum absolute atomic E-state index is 0.0817. The van der Waals surface area contributed by atoms with Crippen molar-refractivity contribution in [1.29, 1.82) is 0 Å². The Balaban J connectivity index is 1.71. The molecule has 142 valence electrons. The Morgan fingerprint density at radius 3 is 2.36 bits per heavy atom. The molecule has 0 aliphatic carbocycles. The number of rotatable bonds is 5. The monoisotopic (exact) mass is 399 g/mol. The van der Waals surface area contributed by atoms with Gasteiger partial charge in [0.05, 0.1) is 35.1 Å². The highest BCUT2D eigenvalue weighted by molar-refractivity contribution is 6.31. The molecule has 0 saturated carbocycles. The molecule has 0 spiro atoms. The SMILES string of the molecule is COC(=O)c1ccc(Nc2cncc(C(=O)Nc3ccc(F)c(Cl)c3)c2)cc1. The third-order valence-electron chi connectivity index (χ3n) is 3.77. The summed E-state index contributed by atoms with van der Waals surface area (Å²) in [7, 11) is 1.32. The fourth-order valence-electron chi connectivity index (χ4n) is 2.38. The number of pyridine rings is 1. The number of aromatic nitrogens is 1. The minimum atomic E-state index is -0.564. The second-order valence-electron chi connectivity index (χ2n) is 5.74. The lowest BCUT2D eigenvalue weighted by Crippen LogP contribution is -2.12. The van der Waals surface area contributed by atoms with Gasteiger partial charge in [-0.25, -0.2) is 9.18 Å². The summed E-state index contributed by atoms with van der Waals surface area (Å²) in [5.74, 6) is -1.40. The Kier molecular flexibility index (Phi) is 5.86. The van der Waals surface area contributed by atoms with E-state index in [-0.39, 0.29) is 5.02 Å². The third kappa shape index (κ3) is 4.63. The zero-order chi connectivity index (χ0) is 20.1. The summed E-state index contributed by atoms with van der Waals surface area (Å²) in [5, 5.41) is 5.65. The van der Waals surface area contributed by atoms with E-state index in [0.717, 1.165) is 0 Å². The molecule has 1 aromatic heterocycles. The van der Waals surface area contributed by atoms with Crippen molar-refractivity contribution in [2.45, 2.75) is 0 Å². The van der Waals surface area contributed by atoms with E-state index >= 15 is 0 Å². The molecule has 6 nitrogen and oxygen atoms in total. The Hall–Kier alpha value is -3.45. The summed E-state index contributed by atoms with van der Waals surface area (Å²) in [5.41, 5.74) is 2.38. The van der Waals surface area contributed by atoms with E-state index in [1.54, 1.807) is 36.5 Å². The molecule has 28 heavy (non-hydrogen) atoms. The summed E-state index contributed by atoms with van der Waals surface area (Å²) in [6.45, 7) is 0. The number of halogens is 2. The maximum Gasteiger partial charge on any atom is 0.337 e. The van der Waals surface area contributed by atoms with Crippen molar-refractivity contribution in [2.75, 3.05) is 17.7 Å². The van der Waals surface area contributed by atoms with Gasteiger partial charge in [-0.1, -0.05) is 11.6 Å². The lowest BCUT2D eigenvalue weighted by atomic mass is 10.2. The summed E-state index contributed by atoms with van der Waals surface area (Å²) in [6.07, 6.45) is 2.96. The molecule has 0 fully saturated rings. The first kappa shape index (κ1) is 19.3. The van der Waals surface area contributed by atoms with Gasteiger partial charge in [0.25, 0.3) is 5.91 Å². The van der Waals surface area contributed by atoms with Crippen LogP contribution in [0.15, 0.2) is 60.9 Å². The molecule has 0 aliphatic rings. The smallest absolute Gasteiger partial charge is 0.337 e. The lowest BCUT2D eigenvalue weighted by molar-refractivity contribution is 0.0600. The van der Waals surface area contributed by atoms with Crippen LogP contribution in [0.25, 0.3) is 0 Å². The highest BCUT2D eigenvalue weighted by atomic mass is 35.5. The molecule has 1 amide bonds. The molecule has 0 radical (unpaired) electrons. The van der Waals surface area contributed by atoms with Crippen LogP contribution >= 0.6 is 11.6 Å². The standard InChI is InChI=1S/C20H15ClFN3O3/c1-28-20(27)12-2-4-14(5-3-12)24-16-8-13(10-23-11-16)19(26)25-15-6-7-18(22)17(21)9-15/h2-11,24H,1H3,(H,25,26). The molecule has 0 unspecified atom stereocenters. The third-order valence-corrected chi connectivity index (χ3v) is 4.06. The van der Waals surface area contributed by atoms with Gasteiger partial charge in [0.2, 0.25) is 0 Å². The van der Waals surface area contributed by atoms with Gasteiger partial charge in [0.15, 0.2) is 0 Å². The number of amides is 1. The summed E-state index contributed by atoms with van der Waals surface area (Å²) >= 11 is 5.72. The topological polar surface area (TPSA) is 80.3 Å². The van der Waals surface area contributed by atoms with E-state index in [1.807, 2.05) is 0 Å². The van der Waals surface area contributed by atoms with Crippen LogP contribution < -0.4 is 10.6 Å². The van der Waals surface area contributed by atoms with Crippen LogP contribution in [-0.2, 0) is 4.74 Å². The second-order valence-corrected chi connectivity index (χ2v) is 6.15. The number of methoxy groups -OCH3 is 1. The van der Waals surface area contributed by atoms with E-state index < -0.39 is 17.7 Å².